The van der Waals surface area contributed by atoms with Crippen molar-refractivity contribution in [2.75, 3.05) is 11.3 Å². The Balaban J connectivity index is 1.78. The lowest BCUT2D eigenvalue weighted by atomic mass is 9.96. The van der Waals surface area contributed by atoms with Crippen molar-refractivity contribution in [3.05, 3.63) is 87.5 Å². The van der Waals surface area contributed by atoms with Crippen LogP contribution >= 0.6 is 0 Å². The summed E-state index contributed by atoms with van der Waals surface area (Å²) < 4.78 is 62.3. The molecule has 0 aliphatic carbocycles. The number of anilines is 1. The van der Waals surface area contributed by atoms with Gasteiger partial charge in [-0.2, -0.15) is 4.39 Å². The first-order valence-electron chi connectivity index (χ1n) is 10.4. The monoisotopic (exact) mass is 488 g/mol. The van der Waals surface area contributed by atoms with Crippen molar-refractivity contribution in [1.82, 2.24) is 9.55 Å². The van der Waals surface area contributed by atoms with Gasteiger partial charge >= 0.3 is 5.76 Å². The zero-order valence-electron chi connectivity index (χ0n) is 18.4. The smallest absolute Gasteiger partial charge is 0.408 e. The van der Waals surface area contributed by atoms with Crippen LogP contribution in [0.15, 0.2) is 62.6 Å². The Labute approximate surface area is 194 Å². The van der Waals surface area contributed by atoms with Crippen molar-refractivity contribution in [3.63, 3.8) is 0 Å². The zero-order valence-corrected chi connectivity index (χ0v) is 19.2. The first-order chi connectivity index (χ1) is 16.1. The van der Waals surface area contributed by atoms with Crippen LogP contribution < -0.4 is 16.2 Å². The third kappa shape index (κ3) is 4.31. The van der Waals surface area contributed by atoms with Crippen LogP contribution in [-0.2, 0) is 16.4 Å². The van der Waals surface area contributed by atoms with Gasteiger partial charge in [0.05, 0.1) is 11.6 Å². The fourth-order valence-electron chi connectivity index (χ4n) is 3.99. The molecule has 2 aromatic carbocycles. The number of oxazole rings is 1. The van der Waals surface area contributed by atoms with Crippen molar-refractivity contribution in [2.24, 2.45) is 5.73 Å². The van der Waals surface area contributed by atoms with E-state index in [1.165, 1.54) is 16.7 Å². The second-order valence-corrected chi connectivity index (χ2v) is 9.44. The van der Waals surface area contributed by atoms with Gasteiger partial charge in [-0.05, 0) is 55.6 Å². The molecule has 2 heterocycles. The minimum absolute atomic E-state index is 0.0986. The molecule has 2 aromatic heterocycles. The van der Waals surface area contributed by atoms with Crippen molar-refractivity contribution in [2.45, 2.75) is 31.2 Å². The lowest BCUT2D eigenvalue weighted by molar-refractivity contribution is 0.488. The summed E-state index contributed by atoms with van der Waals surface area (Å²) in [7, 11) is -4.48. The van der Waals surface area contributed by atoms with E-state index in [1.807, 2.05) is 29.8 Å². The SMILES string of the molecule is Cc1c(CCN)cccc1C(C)n1c(=O)oc2cc(S(=O)(=O)Nc3cccc(F)n3)c(F)cc21. The molecule has 0 saturated carbocycles. The van der Waals surface area contributed by atoms with Crippen LogP contribution in [0.5, 0.6) is 0 Å². The number of pyridine rings is 1. The zero-order chi connectivity index (χ0) is 24.6. The lowest BCUT2D eigenvalue weighted by Crippen LogP contribution is -2.20. The van der Waals surface area contributed by atoms with E-state index in [-0.39, 0.29) is 16.9 Å². The number of nitrogens with zero attached hydrogens (tertiary/aromatic N) is 2. The molecular weight excluding hydrogens is 466 g/mol. The molecule has 4 rings (SSSR count). The van der Waals surface area contributed by atoms with Crippen LogP contribution in [0.1, 0.15) is 29.7 Å². The summed E-state index contributed by atoms with van der Waals surface area (Å²) in [5.74, 6) is -3.09. The minimum Gasteiger partial charge on any atom is -0.408 e. The molecule has 178 valence electrons. The maximum absolute atomic E-state index is 15.0. The molecule has 34 heavy (non-hydrogen) atoms. The number of benzene rings is 2. The second-order valence-electron chi connectivity index (χ2n) is 7.79. The summed E-state index contributed by atoms with van der Waals surface area (Å²) in [6.07, 6.45) is 0.663. The highest BCUT2D eigenvalue weighted by Gasteiger charge is 2.25. The third-order valence-corrected chi connectivity index (χ3v) is 7.02. The van der Waals surface area contributed by atoms with Crippen LogP contribution in [0.3, 0.4) is 0 Å². The molecule has 0 saturated heterocycles. The Hall–Kier alpha value is -3.57. The Kier molecular flexibility index (Phi) is 6.24. The molecule has 0 spiro atoms. The van der Waals surface area contributed by atoms with Crippen LogP contribution in [0.25, 0.3) is 11.1 Å². The second kappa shape index (κ2) is 8.99. The fourth-order valence-corrected chi connectivity index (χ4v) is 5.06. The number of nitrogens with one attached hydrogen (secondary N) is 1. The summed E-state index contributed by atoms with van der Waals surface area (Å²) in [4.78, 5) is 15.4. The topological polar surface area (TPSA) is 120 Å². The van der Waals surface area contributed by atoms with E-state index in [1.54, 1.807) is 6.92 Å². The average Bonchev–Trinajstić information content (AvgIpc) is 3.08. The molecular formula is C23H22F2N4O4S. The van der Waals surface area contributed by atoms with Crippen molar-refractivity contribution < 1.29 is 21.6 Å². The average molecular weight is 489 g/mol. The highest BCUT2D eigenvalue weighted by Crippen LogP contribution is 2.29. The van der Waals surface area contributed by atoms with E-state index in [4.69, 9.17) is 10.2 Å². The van der Waals surface area contributed by atoms with Crippen molar-refractivity contribution >= 4 is 26.9 Å². The summed E-state index contributed by atoms with van der Waals surface area (Å²) >= 11 is 0. The molecule has 1 unspecified atom stereocenters. The van der Waals surface area contributed by atoms with Crippen LogP contribution in [-0.4, -0.2) is 24.5 Å². The van der Waals surface area contributed by atoms with Gasteiger partial charge in [-0.15, -0.1) is 0 Å². The van der Waals surface area contributed by atoms with Crippen LogP contribution in [0, 0.1) is 18.7 Å². The highest BCUT2D eigenvalue weighted by atomic mass is 32.2. The largest absolute Gasteiger partial charge is 0.420 e. The predicted molar refractivity (Wildman–Crippen MR) is 123 cm³/mol. The fraction of sp³-hybridized carbons (Fsp3) is 0.217. The van der Waals surface area contributed by atoms with E-state index in [9.17, 15) is 17.6 Å². The first kappa shape index (κ1) is 23.6. The normalized spacial score (nSPS) is 12.7. The third-order valence-electron chi connectivity index (χ3n) is 5.65. The van der Waals surface area contributed by atoms with Crippen LogP contribution in [0.4, 0.5) is 14.6 Å². The lowest BCUT2D eigenvalue weighted by Gasteiger charge is -2.18. The van der Waals surface area contributed by atoms with Crippen LogP contribution in [0.2, 0.25) is 0 Å². The Bertz CT molecular complexity index is 1550. The van der Waals surface area contributed by atoms with E-state index < -0.39 is 38.5 Å². The number of halogens is 2. The molecule has 0 amide bonds. The number of aromatic nitrogens is 2. The molecule has 4 aromatic rings. The quantitative estimate of drug-likeness (QED) is 0.384. The number of sulfonamides is 1. The number of fused-ring (bicyclic) bond motifs is 1. The van der Waals surface area contributed by atoms with E-state index in [2.05, 4.69) is 4.98 Å². The Morgan fingerprint density at radius 1 is 1.18 bits per heavy atom. The molecule has 1 atom stereocenters. The van der Waals surface area contributed by atoms with Gasteiger partial charge < -0.3 is 10.2 Å². The minimum atomic E-state index is -4.48. The molecule has 0 radical (unpaired) electrons. The predicted octanol–water partition coefficient (Wildman–Crippen LogP) is 3.49. The van der Waals surface area contributed by atoms with E-state index in [0.29, 0.717) is 13.0 Å². The number of hydrogen-bond acceptors (Lipinski definition) is 6. The standard InChI is InChI=1S/C23H22F2N4O4S/c1-13-15(9-10-26)5-3-6-16(13)14(2)29-18-11-17(24)20(12-19(18)33-23(29)30)34(31,32)28-22-8-4-7-21(25)27-22/h3-8,11-12,14H,9-10,26H2,1-2H3,(H,27,28). The molecule has 0 aliphatic rings. The summed E-state index contributed by atoms with van der Waals surface area (Å²) in [5.41, 5.74) is 8.48. The van der Waals surface area contributed by atoms with Gasteiger partial charge in [0, 0.05) is 12.1 Å². The van der Waals surface area contributed by atoms with E-state index >= 15 is 4.39 Å². The maximum atomic E-state index is 15.0. The molecule has 0 fully saturated rings. The molecule has 0 bridgehead atoms. The Morgan fingerprint density at radius 2 is 1.91 bits per heavy atom. The Morgan fingerprint density at radius 3 is 2.62 bits per heavy atom. The van der Waals surface area contributed by atoms with Gasteiger partial charge in [-0.3, -0.25) is 9.29 Å². The van der Waals surface area contributed by atoms with Crippen molar-refractivity contribution in [3.8, 4) is 0 Å². The summed E-state index contributed by atoms with van der Waals surface area (Å²) in [6.45, 7) is 4.15. The van der Waals surface area contributed by atoms with Gasteiger partial charge in [0.15, 0.2) is 5.58 Å². The summed E-state index contributed by atoms with van der Waals surface area (Å²) in [6, 6.07) is 10.5. The highest BCUT2D eigenvalue weighted by molar-refractivity contribution is 7.92. The first-order valence-corrected chi connectivity index (χ1v) is 11.9. The molecule has 0 aliphatic heterocycles. The number of nitrogens with two attached hydrogens (primary N) is 1. The van der Waals surface area contributed by atoms with Gasteiger partial charge in [0.2, 0.25) is 5.95 Å². The van der Waals surface area contributed by atoms with Gasteiger partial charge in [-0.25, -0.2) is 22.6 Å². The summed E-state index contributed by atoms with van der Waals surface area (Å²) in [5, 5.41) is 0. The molecule has 11 heteroatoms. The van der Waals surface area contributed by atoms with Crippen molar-refractivity contribution in [1.29, 1.82) is 0 Å². The van der Waals surface area contributed by atoms with Gasteiger partial charge in [-0.1, -0.05) is 24.3 Å². The molecule has 8 nitrogen and oxygen atoms in total. The maximum Gasteiger partial charge on any atom is 0.420 e. The van der Waals surface area contributed by atoms with Gasteiger partial charge in [0.25, 0.3) is 10.0 Å². The number of rotatable bonds is 7. The van der Waals surface area contributed by atoms with Gasteiger partial charge in [0.1, 0.15) is 16.5 Å². The number of hydrogen-bond donors (Lipinski definition) is 2. The van der Waals surface area contributed by atoms with E-state index in [0.717, 1.165) is 34.9 Å². The molecule has 3 N–H and O–H groups in total.